The van der Waals surface area contributed by atoms with E-state index in [-0.39, 0.29) is 29.3 Å². The number of ether oxygens (including phenoxy) is 1. The summed E-state index contributed by atoms with van der Waals surface area (Å²) in [6, 6.07) is 10.2. The van der Waals surface area contributed by atoms with Crippen LogP contribution in [-0.4, -0.2) is 70.0 Å². The number of pyridine rings is 1. The van der Waals surface area contributed by atoms with Crippen molar-refractivity contribution in [1.82, 2.24) is 9.88 Å². The number of nitrogens with zero attached hydrogens (tertiary/aromatic N) is 3. The first-order valence-corrected chi connectivity index (χ1v) is 17.3. The lowest BCUT2D eigenvalue weighted by atomic mass is 10.0. The van der Waals surface area contributed by atoms with Gasteiger partial charge in [0.25, 0.3) is 5.91 Å². The number of hydrogen-bond donors (Lipinski definition) is 1. The topological polar surface area (TPSA) is 74.8 Å². The fourth-order valence-corrected chi connectivity index (χ4v) is 5.26. The molecular weight excluding hydrogens is 568 g/mol. The van der Waals surface area contributed by atoms with Gasteiger partial charge in [0, 0.05) is 57.6 Å². The average Bonchev–Trinajstić information content (AvgIpc) is 2.92. The highest BCUT2D eigenvalue weighted by Gasteiger charge is 2.36. The zero-order chi connectivity index (χ0) is 30.7. The van der Waals surface area contributed by atoms with E-state index in [1.165, 1.54) is 24.3 Å². The Labute approximate surface area is 243 Å². The number of aromatic nitrogens is 1. The predicted octanol–water partition coefficient (Wildman–Crippen LogP) is 6.44. The molecule has 0 atom stereocenters. The van der Waals surface area contributed by atoms with E-state index in [4.69, 9.17) is 4.74 Å². The van der Waals surface area contributed by atoms with Crippen LogP contribution in [0.15, 0.2) is 48.7 Å². The van der Waals surface area contributed by atoms with Crippen molar-refractivity contribution in [3.05, 3.63) is 71.2 Å². The van der Waals surface area contributed by atoms with Crippen LogP contribution in [0.4, 0.5) is 28.9 Å². The number of halogens is 4. The van der Waals surface area contributed by atoms with Crippen molar-refractivity contribution >= 4 is 31.6 Å². The van der Waals surface area contributed by atoms with Gasteiger partial charge in [-0.05, 0) is 49.0 Å². The van der Waals surface area contributed by atoms with Gasteiger partial charge >= 0.3 is 6.18 Å². The molecule has 1 aromatic heterocycles. The second-order valence-corrected chi connectivity index (χ2v) is 17.2. The van der Waals surface area contributed by atoms with Crippen LogP contribution >= 0.6 is 0 Å². The molecule has 0 spiro atoms. The first kappa shape index (κ1) is 31.2. The minimum absolute atomic E-state index is 0.123. The molecule has 1 aliphatic rings. The van der Waals surface area contributed by atoms with Crippen LogP contribution < -0.4 is 15.0 Å². The van der Waals surface area contributed by atoms with Crippen LogP contribution in [0, 0.1) is 5.82 Å². The number of aldehydes is 1. The summed E-state index contributed by atoms with van der Waals surface area (Å²) in [5, 5.41) is 2.63. The van der Waals surface area contributed by atoms with E-state index >= 15 is 0 Å². The third kappa shape index (κ3) is 7.74. The third-order valence-corrected chi connectivity index (χ3v) is 8.76. The number of amides is 1. The molecule has 1 amide bonds. The zero-order valence-electron chi connectivity index (χ0n) is 24.0. The molecule has 7 nitrogen and oxygen atoms in total. The summed E-state index contributed by atoms with van der Waals surface area (Å²) < 4.78 is 62.6. The number of anilines is 2. The van der Waals surface area contributed by atoms with E-state index < -0.39 is 37.1 Å². The second-order valence-electron chi connectivity index (χ2n) is 11.6. The molecule has 1 N–H and O–H groups in total. The number of piperazine rings is 1. The molecule has 3 aromatic rings. The van der Waals surface area contributed by atoms with Crippen molar-refractivity contribution < 1.29 is 31.9 Å². The van der Waals surface area contributed by atoms with Gasteiger partial charge in [0.05, 0.1) is 29.1 Å². The maximum absolute atomic E-state index is 14.8. The Morgan fingerprint density at radius 2 is 1.79 bits per heavy atom. The molecule has 1 saturated heterocycles. The van der Waals surface area contributed by atoms with Gasteiger partial charge in [-0.25, -0.2) is 9.37 Å². The number of alkyl halides is 3. The summed E-state index contributed by atoms with van der Waals surface area (Å²) in [5.74, 6) is -1.81. The van der Waals surface area contributed by atoms with Crippen LogP contribution in [0.5, 0.6) is 5.88 Å². The Hall–Kier alpha value is -3.77. The minimum atomic E-state index is -4.84. The largest absolute Gasteiger partial charge is 0.478 e. The van der Waals surface area contributed by atoms with Gasteiger partial charge in [-0.3, -0.25) is 9.59 Å². The summed E-state index contributed by atoms with van der Waals surface area (Å²) in [7, 11) is 0.500. The van der Waals surface area contributed by atoms with Gasteiger partial charge in [0.2, 0.25) is 5.88 Å². The number of benzene rings is 2. The minimum Gasteiger partial charge on any atom is -0.478 e. The molecular formula is C30H34F4N4O3Si. The van der Waals surface area contributed by atoms with Crippen molar-refractivity contribution in [2.24, 2.45) is 0 Å². The van der Waals surface area contributed by atoms with E-state index in [1.54, 1.807) is 12.1 Å². The number of rotatable bonds is 9. The fourth-order valence-electron chi connectivity index (χ4n) is 4.55. The zero-order valence-corrected chi connectivity index (χ0v) is 25.0. The first-order valence-electron chi connectivity index (χ1n) is 13.6. The van der Waals surface area contributed by atoms with Crippen LogP contribution in [-0.2, 0) is 6.18 Å². The lowest BCUT2D eigenvalue weighted by Crippen LogP contribution is -2.44. The van der Waals surface area contributed by atoms with Gasteiger partial charge in [-0.15, -0.1) is 0 Å². The van der Waals surface area contributed by atoms with Crippen molar-refractivity contribution in [2.45, 2.75) is 31.9 Å². The second kappa shape index (κ2) is 12.6. The van der Waals surface area contributed by atoms with E-state index in [9.17, 15) is 27.2 Å². The molecule has 224 valence electrons. The van der Waals surface area contributed by atoms with E-state index in [2.05, 4.69) is 34.8 Å². The smallest absolute Gasteiger partial charge is 0.417 e. The van der Waals surface area contributed by atoms with Gasteiger partial charge in [0.1, 0.15) is 12.1 Å². The van der Waals surface area contributed by atoms with E-state index in [1.807, 2.05) is 11.9 Å². The van der Waals surface area contributed by atoms with Crippen LogP contribution in [0.25, 0.3) is 11.1 Å². The molecule has 42 heavy (non-hydrogen) atoms. The highest BCUT2D eigenvalue weighted by Crippen LogP contribution is 2.37. The third-order valence-electron chi connectivity index (χ3n) is 7.06. The quantitative estimate of drug-likeness (QED) is 0.173. The summed E-state index contributed by atoms with van der Waals surface area (Å²) in [6.45, 7) is 9.32. The Bertz CT molecular complexity index is 1450. The van der Waals surface area contributed by atoms with Crippen molar-refractivity contribution in [1.29, 1.82) is 0 Å². The Balaban J connectivity index is 1.70. The SMILES string of the molecule is CN1CCN(c2ccc(-c3cc(C=O)ccc3F)cc2NC(=O)c2cnc(OCC[Si](C)(C)C)cc2C(F)(F)F)CC1. The van der Waals surface area contributed by atoms with Gasteiger partial charge in [-0.1, -0.05) is 25.7 Å². The standard InChI is InChI=1S/C30H34F4N4O3Si/c1-37-9-11-38(12-10-37)27-8-6-21(22-15-20(19-39)5-7-25(22)31)16-26(27)36-29(40)23-18-35-28(17-24(23)30(32,33)34)41-13-14-42(2,3)4/h5-8,15-19H,9-14H2,1-4H3,(H,36,40). The van der Waals surface area contributed by atoms with E-state index in [0.717, 1.165) is 31.4 Å². The normalized spacial score (nSPS) is 14.5. The lowest BCUT2D eigenvalue weighted by Gasteiger charge is -2.35. The highest BCUT2D eigenvalue weighted by molar-refractivity contribution is 6.76. The predicted molar refractivity (Wildman–Crippen MR) is 158 cm³/mol. The number of likely N-dealkylation sites (N-methyl/N-ethyl adjacent to an activating group) is 1. The molecule has 0 unspecified atom stereocenters. The molecule has 2 heterocycles. The maximum Gasteiger partial charge on any atom is 0.417 e. The maximum atomic E-state index is 14.8. The van der Waals surface area contributed by atoms with Gasteiger partial charge < -0.3 is 19.9 Å². The number of carbonyl (C=O) groups excluding carboxylic acids is 2. The van der Waals surface area contributed by atoms with Gasteiger partial charge in [0.15, 0.2) is 0 Å². The monoisotopic (exact) mass is 602 g/mol. The van der Waals surface area contributed by atoms with Crippen LogP contribution in [0.1, 0.15) is 26.3 Å². The summed E-state index contributed by atoms with van der Waals surface area (Å²) in [6.07, 6.45) is -3.38. The van der Waals surface area contributed by atoms with Gasteiger partial charge in [-0.2, -0.15) is 13.2 Å². The molecule has 0 saturated carbocycles. The summed E-state index contributed by atoms with van der Waals surface area (Å²) in [5.41, 5.74) is -0.305. The molecule has 2 aromatic carbocycles. The molecule has 1 aliphatic heterocycles. The Morgan fingerprint density at radius 1 is 1.07 bits per heavy atom. The summed E-state index contributed by atoms with van der Waals surface area (Å²) in [4.78, 5) is 32.8. The van der Waals surface area contributed by atoms with Crippen molar-refractivity contribution in [3.8, 4) is 17.0 Å². The number of carbonyl (C=O) groups is 2. The van der Waals surface area contributed by atoms with Crippen LogP contribution in [0.2, 0.25) is 25.7 Å². The number of nitrogens with one attached hydrogen (secondary N) is 1. The van der Waals surface area contributed by atoms with Crippen molar-refractivity contribution in [3.63, 3.8) is 0 Å². The molecule has 1 fully saturated rings. The first-order chi connectivity index (χ1) is 19.7. The highest BCUT2D eigenvalue weighted by atomic mass is 28.3. The van der Waals surface area contributed by atoms with E-state index in [0.29, 0.717) is 30.6 Å². The van der Waals surface area contributed by atoms with Crippen LogP contribution in [0.3, 0.4) is 0 Å². The van der Waals surface area contributed by atoms with Crippen molar-refractivity contribution in [2.75, 3.05) is 50.1 Å². The Kier molecular flexibility index (Phi) is 9.36. The molecule has 0 radical (unpaired) electrons. The Morgan fingerprint density at radius 3 is 2.43 bits per heavy atom. The lowest BCUT2D eigenvalue weighted by molar-refractivity contribution is -0.138. The molecule has 0 aliphatic carbocycles. The number of hydrogen-bond acceptors (Lipinski definition) is 6. The molecule has 4 rings (SSSR count). The molecule has 0 bridgehead atoms. The summed E-state index contributed by atoms with van der Waals surface area (Å²) >= 11 is 0. The molecule has 12 heteroatoms. The average molecular weight is 603 g/mol. The fraction of sp³-hybridized carbons (Fsp3) is 0.367.